The number of ketones is 1. The topological polar surface area (TPSA) is 68.1 Å². The van der Waals surface area contributed by atoms with Crippen LogP contribution in [0.4, 0.5) is 0 Å². The second kappa shape index (κ2) is 6.95. The monoisotopic (exact) mass is 326 g/mol. The summed E-state index contributed by atoms with van der Waals surface area (Å²) >= 11 is 0. The van der Waals surface area contributed by atoms with E-state index in [2.05, 4.69) is 23.8 Å². The molecule has 1 aliphatic heterocycles. The maximum atomic E-state index is 12.8. The zero-order valence-electron chi connectivity index (χ0n) is 14.1. The van der Waals surface area contributed by atoms with Gasteiger partial charge in [0, 0.05) is 42.4 Å². The van der Waals surface area contributed by atoms with Gasteiger partial charge in [-0.1, -0.05) is 0 Å². The van der Waals surface area contributed by atoms with Crippen molar-refractivity contribution in [2.24, 2.45) is 0 Å². The predicted molar refractivity (Wildman–Crippen MR) is 89.5 cm³/mol. The van der Waals surface area contributed by atoms with E-state index in [-0.39, 0.29) is 36.1 Å². The molecular weight excluding hydrogens is 304 g/mol. The second-order valence-corrected chi connectivity index (χ2v) is 6.38. The van der Waals surface area contributed by atoms with Gasteiger partial charge >= 0.3 is 0 Å². The Morgan fingerprint density at radius 2 is 1.96 bits per heavy atom. The molecule has 1 aliphatic rings. The normalized spacial score (nSPS) is 20.8. The Morgan fingerprint density at radius 1 is 1.21 bits per heavy atom. The van der Waals surface area contributed by atoms with Crippen molar-refractivity contribution in [2.75, 3.05) is 0 Å². The first-order valence-corrected chi connectivity index (χ1v) is 8.35. The molecule has 24 heavy (non-hydrogen) atoms. The van der Waals surface area contributed by atoms with E-state index < -0.39 is 0 Å². The van der Waals surface area contributed by atoms with Crippen molar-refractivity contribution >= 4 is 11.7 Å². The van der Waals surface area contributed by atoms with Gasteiger partial charge < -0.3 is 9.47 Å². The summed E-state index contributed by atoms with van der Waals surface area (Å²) in [6.07, 6.45) is 9.58. The number of aromatic nitrogens is 3. The van der Waals surface area contributed by atoms with Gasteiger partial charge in [-0.25, -0.2) is 4.98 Å². The first-order valence-electron chi connectivity index (χ1n) is 8.35. The third-order valence-electron chi connectivity index (χ3n) is 4.63. The van der Waals surface area contributed by atoms with Gasteiger partial charge in [-0.2, -0.15) is 0 Å². The van der Waals surface area contributed by atoms with E-state index in [1.165, 1.54) is 6.20 Å². The standard InChI is InChI=1S/C18H22N4O2/c1-13-5-3-6-14(2)22(13)16(23)12-21-10-9-20-18(21)17(24)15-7-4-8-19-11-15/h4,7-11,13-14H,3,5-6,12H2,1-2H3. The zero-order valence-corrected chi connectivity index (χ0v) is 14.1. The smallest absolute Gasteiger partial charge is 0.243 e. The minimum absolute atomic E-state index is 0.0351. The molecule has 1 saturated heterocycles. The van der Waals surface area contributed by atoms with Crippen molar-refractivity contribution in [1.82, 2.24) is 19.4 Å². The summed E-state index contributed by atoms with van der Waals surface area (Å²) in [5, 5.41) is 0. The minimum Gasteiger partial charge on any atom is -0.336 e. The summed E-state index contributed by atoms with van der Waals surface area (Å²) in [6, 6.07) is 3.89. The third-order valence-corrected chi connectivity index (χ3v) is 4.63. The molecule has 1 fully saturated rings. The molecule has 0 radical (unpaired) electrons. The van der Waals surface area contributed by atoms with E-state index in [9.17, 15) is 9.59 Å². The molecule has 2 unspecified atom stereocenters. The lowest BCUT2D eigenvalue weighted by Gasteiger charge is -2.39. The van der Waals surface area contributed by atoms with Crippen LogP contribution in [-0.4, -0.2) is 43.2 Å². The van der Waals surface area contributed by atoms with Gasteiger partial charge in [0.25, 0.3) is 0 Å². The van der Waals surface area contributed by atoms with Gasteiger partial charge in [0.1, 0.15) is 6.54 Å². The molecular formula is C18H22N4O2. The van der Waals surface area contributed by atoms with Crippen LogP contribution < -0.4 is 0 Å². The average Bonchev–Trinajstić information content (AvgIpc) is 3.03. The maximum absolute atomic E-state index is 12.8. The van der Waals surface area contributed by atoms with Crippen LogP contribution in [-0.2, 0) is 11.3 Å². The SMILES string of the molecule is CC1CCCC(C)N1C(=O)Cn1ccnc1C(=O)c1cccnc1. The van der Waals surface area contributed by atoms with E-state index in [1.54, 1.807) is 35.3 Å². The van der Waals surface area contributed by atoms with E-state index in [4.69, 9.17) is 0 Å². The number of carbonyl (C=O) groups excluding carboxylic acids is 2. The maximum Gasteiger partial charge on any atom is 0.243 e. The number of piperidine rings is 1. The van der Waals surface area contributed by atoms with Crippen LogP contribution in [0.1, 0.15) is 49.3 Å². The van der Waals surface area contributed by atoms with Crippen molar-refractivity contribution < 1.29 is 9.59 Å². The first-order chi connectivity index (χ1) is 11.6. The second-order valence-electron chi connectivity index (χ2n) is 6.38. The summed E-state index contributed by atoms with van der Waals surface area (Å²) in [6.45, 7) is 4.31. The summed E-state index contributed by atoms with van der Waals surface area (Å²) < 4.78 is 1.63. The molecule has 2 atom stereocenters. The van der Waals surface area contributed by atoms with Gasteiger partial charge in [-0.15, -0.1) is 0 Å². The highest BCUT2D eigenvalue weighted by Crippen LogP contribution is 2.23. The number of hydrogen-bond acceptors (Lipinski definition) is 4. The lowest BCUT2D eigenvalue weighted by molar-refractivity contribution is -0.137. The zero-order chi connectivity index (χ0) is 17.1. The molecule has 126 valence electrons. The van der Waals surface area contributed by atoms with Crippen molar-refractivity contribution in [3.05, 3.63) is 48.3 Å². The molecule has 1 amide bonds. The molecule has 0 saturated carbocycles. The Morgan fingerprint density at radius 3 is 2.62 bits per heavy atom. The molecule has 2 aromatic rings. The first kappa shape index (κ1) is 16.4. The van der Waals surface area contributed by atoms with E-state index in [1.807, 2.05) is 4.90 Å². The van der Waals surface area contributed by atoms with Crippen molar-refractivity contribution in [1.29, 1.82) is 0 Å². The minimum atomic E-state index is -0.222. The van der Waals surface area contributed by atoms with Crippen LogP contribution in [0.5, 0.6) is 0 Å². The fourth-order valence-electron chi connectivity index (χ4n) is 3.41. The lowest BCUT2D eigenvalue weighted by Crippen LogP contribution is -2.48. The highest BCUT2D eigenvalue weighted by molar-refractivity contribution is 6.06. The molecule has 3 heterocycles. The number of likely N-dealkylation sites (tertiary alicyclic amines) is 1. The van der Waals surface area contributed by atoms with E-state index in [0.29, 0.717) is 5.56 Å². The Balaban J connectivity index is 1.78. The Hall–Kier alpha value is -2.50. The number of rotatable bonds is 4. The van der Waals surface area contributed by atoms with Gasteiger partial charge in [0.05, 0.1) is 0 Å². The predicted octanol–water partition coefficient (Wildman–Crippen LogP) is 2.30. The van der Waals surface area contributed by atoms with Crippen molar-refractivity contribution in [3.8, 4) is 0 Å². The van der Waals surface area contributed by atoms with Gasteiger partial charge in [0.2, 0.25) is 11.7 Å². The lowest BCUT2D eigenvalue weighted by atomic mass is 9.97. The number of amides is 1. The molecule has 0 aliphatic carbocycles. The number of pyridine rings is 1. The van der Waals surface area contributed by atoms with Gasteiger partial charge in [0.15, 0.2) is 5.82 Å². The molecule has 0 aromatic carbocycles. The van der Waals surface area contributed by atoms with E-state index >= 15 is 0 Å². The molecule has 0 spiro atoms. The van der Waals surface area contributed by atoms with Crippen LogP contribution in [0.25, 0.3) is 0 Å². The summed E-state index contributed by atoms with van der Waals surface area (Å²) in [7, 11) is 0. The molecule has 6 nitrogen and oxygen atoms in total. The summed E-state index contributed by atoms with van der Waals surface area (Å²) in [4.78, 5) is 35.4. The molecule has 2 aromatic heterocycles. The highest BCUT2D eigenvalue weighted by atomic mass is 16.2. The number of hydrogen-bond donors (Lipinski definition) is 0. The highest BCUT2D eigenvalue weighted by Gasteiger charge is 2.29. The Bertz CT molecular complexity index is 716. The number of nitrogens with zero attached hydrogens (tertiary/aromatic N) is 4. The molecule has 0 bridgehead atoms. The quantitative estimate of drug-likeness (QED) is 0.809. The summed E-state index contributed by atoms with van der Waals surface area (Å²) in [5.74, 6) is 0.0854. The fourth-order valence-corrected chi connectivity index (χ4v) is 3.41. The third kappa shape index (κ3) is 3.22. The van der Waals surface area contributed by atoms with Crippen LogP contribution in [0.2, 0.25) is 0 Å². The van der Waals surface area contributed by atoms with Gasteiger partial charge in [-0.3, -0.25) is 14.6 Å². The van der Waals surface area contributed by atoms with E-state index in [0.717, 1.165) is 19.3 Å². The molecule has 3 rings (SSSR count). The van der Waals surface area contributed by atoms with Crippen LogP contribution in [0.15, 0.2) is 36.9 Å². The van der Waals surface area contributed by atoms with Crippen LogP contribution in [0, 0.1) is 0 Å². The van der Waals surface area contributed by atoms with Crippen molar-refractivity contribution in [3.63, 3.8) is 0 Å². The molecule has 6 heteroatoms. The van der Waals surface area contributed by atoms with Crippen molar-refractivity contribution in [2.45, 2.75) is 51.7 Å². The average molecular weight is 326 g/mol. The number of carbonyl (C=O) groups is 2. The largest absolute Gasteiger partial charge is 0.336 e. The Labute approximate surface area is 141 Å². The van der Waals surface area contributed by atoms with Gasteiger partial charge in [-0.05, 0) is 45.2 Å². The number of imidazole rings is 1. The van der Waals surface area contributed by atoms with Crippen LogP contribution >= 0.6 is 0 Å². The molecule has 0 N–H and O–H groups in total. The Kier molecular flexibility index (Phi) is 4.74. The van der Waals surface area contributed by atoms with Crippen LogP contribution in [0.3, 0.4) is 0 Å². The summed E-state index contributed by atoms with van der Waals surface area (Å²) in [5.41, 5.74) is 0.470. The fraction of sp³-hybridized carbons (Fsp3) is 0.444.